The minimum absolute atomic E-state index is 0.00310. The zero-order valence-electron chi connectivity index (χ0n) is 10.4. The van der Waals surface area contributed by atoms with Gasteiger partial charge in [0.15, 0.2) is 0 Å². The molecule has 0 saturated carbocycles. The maximum Gasteiger partial charge on any atom is 0.124 e. The molecular weight excluding hydrogens is 298 g/mol. The maximum absolute atomic E-state index is 9.36. The number of thiophene rings is 1. The zero-order valence-corrected chi connectivity index (χ0v) is 12.8. The molecule has 1 aliphatic rings. The van der Waals surface area contributed by atoms with E-state index in [-0.39, 0.29) is 12.0 Å². The van der Waals surface area contributed by atoms with Crippen LogP contribution in [-0.4, -0.2) is 35.7 Å². The first-order valence-electron chi connectivity index (χ1n) is 6.05. The standard InChI is InChI=1S/C13H15NO2S3/c15-6-13(7-16-8-13)9-18-4-11-5-19-12(14-11)10-1-2-17-3-10/h1-3,5,15H,4,6-9H2. The first-order valence-corrected chi connectivity index (χ1v) is 9.02. The van der Waals surface area contributed by atoms with E-state index >= 15 is 0 Å². The van der Waals surface area contributed by atoms with Crippen LogP contribution < -0.4 is 0 Å². The van der Waals surface area contributed by atoms with Gasteiger partial charge in [-0.15, -0.1) is 11.3 Å². The Labute approximate surface area is 124 Å². The van der Waals surface area contributed by atoms with Crippen molar-refractivity contribution in [3.8, 4) is 10.6 Å². The highest BCUT2D eigenvalue weighted by atomic mass is 32.2. The van der Waals surface area contributed by atoms with Gasteiger partial charge >= 0.3 is 0 Å². The number of ether oxygens (including phenoxy) is 1. The Morgan fingerprint density at radius 3 is 2.95 bits per heavy atom. The van der Waals surface area contributed by atoms with Crippen LogP contribution in [0.5, 0.6) is 0 Å². The fourth-order valence-corrected chi connectivity index (χ4v) is 4.66. The number of thioether (sulfide) groups is 1. The van der Waals surface area contributed by atoms with Crippen LogP contribution in [0, 0.1) is 5.41 Å². The van der Waals surface area contributed by atoms with Gasteiger partial charge in [0.05, 0.1) is 25.5 Å². The normalized spacial score (nSPS) is 17.3. The summed E-state index contributed by atoms with van der Waals surface area (Å²) in [7, 11) is 0. The van der Waals surface area contributed by atoms with Crippen LogP contribution in [-0.2, 0) is 10.5 Å². The first-order chi connectivity index (χ1) is 9.31. The Morgan fingerprint density at radius 2 is 2.32 bits per heavy atom. The van der Waals surface area contributed by atoms with E-state index in [9.17, 15) is 5.11 Å². The topological polar surface area (TPSA) is 42.4 Å². The van der Waals surface area contributed by atoms with Crippen molar-refractivity contribution >= 4 is 34.4 Å². The number of hydrogen-bond donors (Lipinski definition) is 1. The Kier molecular flexibility index (Phi) is 4.24. The van der Waals surface area contributed by atoms with Gasteiger partial charge in [-0.25, -0.2) is 4.98 Å². The van der Waals surface area contributed by atoms with Crippen LogP contribution >= 0.6 is 34.4 Å². The molecule has 0 aliphatic carbocycles. The molecule has 0 amide bonds. The van der Waals surface area contributed by atoms with Crippen LogP contribution in [0.3, 0.4) is 0 Å². The van der Waals surface area contributed by atoms with Crippen molar-refractivity contribution in [3.05, 3.63) is 27.9 Å². The zero-order chi connectivity index (χ0) is 13.1. The average molecular weight is 313 g/mol. The summed E-state index contributed by atoms with van der Waals surface area (Å²) in [6.07, 6.45) is 0. The summed E-state index contributed by atoms with van der Waals surface area (Å²) in [5.74, 6) is 1.84. The molecular formula is C13H15NO2S3. The fraction of sp³-hybridized carbons (Fsp3) is 0.462. The van der Waals surface area contributed by atoms with Crippen LogP contribution in [0.2, 0.25) is 0 Å². The predicted octanol–water partition coefficient (Wildman–Crippen LogP) is 3.11. The van der Waals surface area contributed by atoms with Gasteiger partial charge in [-0.05, 0) is 11.4 Å². The van der Waals surface area contributed by atoms with Crippen molar-refractivity contribution in [1.29, 1.82) is 0 Å². The highest BCUT2D eigenvalue weighted by Gasteiger charge is 2.37. The van der Waals surface area contributed by atoms with E-state index in [1.807, 2.05) is 11.8 Å². The van der Waals surface area contributed by atoms with Crippen molar-refractivity contribution in [2.24, 2.45) is 5.41 Å². The van der Waals surface area contributed by atoms with Gasteiger partial charge in [0.1, 0.15) is 5.01 Å². The Morgan fingerprint density at radius 1 is 1.42 bits per heavy atom. The first kappa shape index (κ1) is 13.6. The van der Waals surface area contributed by atoms with Gasteiger partial charge in [0.25, 0.3) is 0 Å². The summed E-state index contributed by atoms with van der Waals surface area (Å²) in [6, 6.07) is 2.10. The molecule has 1 saturated heterocycles. The number of nitrogens with zero attached hydrogens (tertiary/aromatic N) is 1. The van der Waals surface area contributed by atoms with Crippen molar-refractivity contribution < 1.29 is 9.84 Å². The van der Waals surface area contributed by atoms with E-state index in [1.54, 1.807) is 22.7 Å². The molecule has 6 heteroatoms. The summed E-state index contributed by atoms with van der Waals surface area (Å²) in [6.45, 7) is 1.60. The molecule has 3 nitrogen and oxygen atoms in total. The molecule has 102 valence electrons. The molecule has 0 atom stereocenters. The summed E-state index contributed by atoms with van der Waals surface area (Å²) in [5, 5.41) is 16.8. The minimum atomic E-state index is -0.00310. The van der Waals surface area contributed by atoms with Gasteiger partial charge in [0.2, 0.25) is 0 Å². The summed E-state index contributed by atoms with van der Waals surface area (Å²) in [4.78, 5) is 4.65. The summed E-state index contributed by atoms with van der Waals surface area (Å²) >= 11 is 5.23. The number of hydrogen-bond acceptors (Lipinski definition) is 6. The van der Waals surface area contributed by atoms with E-state index in [2.05, 4.69) is 27.2 Å². The SMILES string of the molecule is OCC1(CSCc2csc(-c3ccsc3)n2)COC1. The second-order valence-corrected chi connectivity index (χ2v) is 7.42. The molecule has 3 rings (SSSR count). The van der Waals surface area contributed by atoms with Crippen molar-refractivity contribution in [1.82, 2.24) is 4.98 Å². The third kappa shape index (κ3) is 3.03. The van der Waals surface area contributed by atoms with Crippen LogP contribution in [0.1, 0.15) is 5.69 Å². The number of rotatable bonds is 6. The van der Waals surface area contributed by atoms with E-state index in [0.717, 1.165) is 22.2 Å². The summed E-state index contributed by atoms with van der Waals surface area (Å²) in [5.41, 5.74) is 2.34. The van der Waals surface area contributed by atoms with Crippen molar-refractivity contribution in [2.75, 3.05) is 25.6 Å². The smallest absolute Gasteiger partial charge is 0.124 e. The summed E-state index contributed by atoms with van der Waals surface area (Å²) < 4.78 is 5.20. The van der Waals surface area contributed by atoms with Gasteiger partial charge in [0, 0.05) is 33.2 Å². The number of thiazole rings is 1. The highest BCUT2D eigenvalue weighted by Crippen LogP contribution is 2.33. The lowest BCUT2D eigenvalue weighted by Gasteiger charge is -2.39. The van der Waals surface area contributed by atoms with Gasteiger partial charge in [-0.1, -0.05) is 0 Å². The lowest BCUT2D eigenvalue weighted by Crippen LogP contribution is -2.47. The van der Waals surface area contributed by atoms with Crippen LogP contribution in [0.15, 0.2) is 22.2 Å². The monoisotopic (exact) mass is 313 g/mol. The van der Waals surface area contributed by atoms with Gasteiger partial charge < -0.3 is 9.84 Å². The van der Waals surface area contributed by atoms with Crippen molar-refractivity contribution in [2.45, 2.75) is 5.75 Å². The fourth-order valence-electron chi connectivity index (χ4n) is 1.88. The van der Waals surface area contributed by atoms with Crippen LogP contribution in [0.25, 0.3) is 10.6 Å². The van der Waals surface area contributed by atoms with E-state index in [0.29, 0.717) is 13.2 Å². The van der Waals surface area contributed by atoms with E-state index in [1.165, 1.54) is 5.56 Å². The van der Waals surface area contributed by atoms with Gasteiger partial charge in [-0.2, -0.15) is 23.1 Å². The second-order valence-electron chi connectivity index (χ2n) is 4.80. The quantitative estimate of drug-likeness (QED) is 0.890. The van der Waals surface area contributed by atoms with Crippen molar-refractivity contribution in [3.63, 3.8) is 0 Å². The molecule has 1 N–H and O–H groups in total. The molecule has 2 aromatic rings. The molecule has 0 radical (unpaired) electrons. The molecule has 0 unspecified atom stereocenters. The van der Waals surface area contributed by atoms with Gasteiger partial charge in [-0.3, -0.25) is 0 Å². The third-order valence-corrected chi connectivity index (χ3v) is 6.07. The Bertz CT molecular complexity index is 514. The molecule has 2 aromatic heterocycles. The number of aliphatic hydroxyl groups excluding tert-OH is 1. The van der Waals surface area contributed by atoms with E-state index in [4.69, 9.17) is 4.74 Å². The molecule has 0 spiro atoms. The lowest BCUT2D eigenvalue weighted by molar-refractivity contribution is -0.121. The third-order valence-electron chi connectivity index (χ3n) is 3.13. The minimum Gasteiger partial charge on any atom is -0.396 e. The second kappa shape index (κ2) is 5.93. The lowest BCUT2D eigenvalue weighted by atomic mass is 9.90. The molecule has 0 bridgehead atoms. The van der Waals surface area contributed by atoms with E-state index < -0.39 is 0 Å². The van der Waals surface area contributed by atoms with Crippen LogP contribution in [0.4, 0.5) is 0 Å². The predicted molar refractivity (Wildman–Crippen MR) is 81.9 cm³/mol. The average Bonchev–Trinajstić information content (AvgIpc) is 3.02. The number of aromatic nitrogens is 1. The molecule has 19 heavy (non-hydrogen) atoms. The maximum atomic E-state index is 9.36. The molecule has 3 heterocycles. The highest BCUT2D eigenvalue weighted by molar-refractivity contribution is 7.98. The number of aliphatic hydroxyl groups is 1. The molecule has 0 aromatic carbocycles. The molecule has 1 aliphatic heterocycles. The Hall–Kier alpha value is -0.400. The molecule has 1 fully saturated rings. The Balaban J connectivity index is 1.53. The largest absolute Gasteiger partial charge is 0.396 e.